The van der Waals surface area contributed by atoms with Crippen molar-refractivity contribution in [3.05, 3.63) is 52.9 Å². The molecule has 2 rings (SSSR count). The van der Waals surface area contributed by atoms with Crippen molar-refractivity contribution in [3.63, 3.8) is 0 Å². The number of hydrogen-bond acceptors (Lipinski definition) is 6. The van der Waals surface area contributed by atoms with Gasteiger partial charge >= 0.3 is 0 Å². The van der Waals surface area contributed by atoms with E-state index < -0.39 is 5.91 Å². The van der Waals surface area contributed by atoms with Crippen molar-refractivity contribution in [3.8, 4) is 17.2 Å². The van der Waals surface area contributed by atoms with Crippen LogP contribution >= 0.6 is 0 Å². The van der Waals surface area contributed by atoms with Gasteiger partial charge in [0.2, 0.25) is 5.91 Å². The molecule has 0 bridgehead atoms. The average molecular weight is 330 g/mol. The monoisotopic (exact) mass is 330 g/mol. The fraction of sp³-hybridized carbons (Fsp3) is 0.176. The Hall–Kier alpha value is -3.06. The second-order valence-corrected chi connectivity index (χ2v) is 5.15. The number of nitrogens with zero attached hydrogens (tertiary/aromatic N) is 1. The summed E-state index contributed by atoms with van der Waals surface area (Å²) >= 11 is 0. The molecule has 0 atom stereocenters. The van der Waals surface area contributed by atoms with Crippen LogP contribution in [0.1, 0.15) is 22.4 Å². The lowest BCUT2D eigenvalue weighted by molar-refractivity contribution is -0.116. The normalized spacial score (nSPS) is 10.9. The summed E-state index contributed by atoms with van der Waals surface area (Å²) in [7, 11) is 0. The minimum absolute atomic E-state index is 0.0236. The number of phenols is 2. The van der Waals surface area contributed by atoms with Crippen LogP contribution in [0.25, 0.3) is 6.08 Å². The van der Waals surface area contributed by atoms with E-state index in [1.807, 2.05) is 0 Å². The first-order valence-electron chi connectivity index (χ1n) is 7.17. The number of amides is 1. The lowest BCUT2D eigenvalue weighted by atomic mass is 10.1. The van der Waals surface area contributed by atoms with Crippen molar-refractivity contribution in [1.29, 1.82) is 0 Å². The Morgan fingerprint density at radius 1 is 1.29 bits per heavy atom. The quantitative estimate of drug-likeness (QED) is 0.527. The van der Waals surface area contributed by atoms with Gasteiger partial charge in [0.1, 0.15) is 17.2 Å². The van der Waals surface area contributed by atoms with Crippen LogP contribution in [-0.2, 0) is 17.9 Å². The number of aliphatic hydroxyl groups excluding tert-OH is 1. The van der Waals surface area contributed by atoms with E-state index in [9.17, 15) is 25.2 Å². The van der Waals surface area contributed by atoms with Gasteiger partial charge in [0.15, 0.2) is 0 Å². The molecule has 24 heavy (non-hydrogen) atoms. The Morgan fingerprint density at radius 2 is 2.04 bits per heavy atom. The molecule has 0 unspecified atom stereocenters. The highest BCUT2D eigenvalue weighted by molar-refractivity contribution is 5.92. The summed E-state index contributed by atoms with van der Waals surface area (Å²) in [6, 6.07) is 4.03. The number of rotatable bonds is 5. The second kappa shape index (κ2) is 7.47. The van der Waals surface area contributed by atoms with Gasteiger partial charge < -0.3 is 25.7 Å². The van der Waals surface area contributed by atoms with E-state index in [0.717, 1.165) is 0 Å². The molecule has 1 aromatic carbocycles. The van der Waals surface area contributed by atoms with Crippen LogP contribution in [0.3, 0.4) is 0 Å². The number of carbonyl (C=O) groups is 1. The lowest BCUT2D eigenvalue weighted by Gasteiger charge is -2.11. The third-order valence-corrected chi connectivity index (χ3v) is 3.47. The van der Waals surface area contributed by atoms with E-state index in [-0.39, 0.29) is 30.4 Å². The maximum absolute atomic E-state index is 11.9. The third-order valence-electron chi connectivity index (χ3n) is 3.47. The maximum Gasteiger partial charge on any atom is 0.244 e. The molecule has 0 radical (unpaired) electrons. The van der Waals surface area contributed by atoms with Crippen LogP contribution in [0.2, 0.25) is 0 Å². The zero-order valence-corrected chi connectivity index (χ0v) is 13.0. The van der Waals surface area contributed by atoms with Gasteiger partial charge in [-0.15, -0.1) is 0 Å². The summed E-state index contributed by atoms with van der Waals surface area (Å²) in [5.74, 6) is -0.736. The van der Waals surface area contributed by atoms with Crippen molar-refractivity contribution in [2.75, 3.05) is 0 Å². The van der Waals surface area contributed by atoms with Crippen LogP contribution < -0.4 is 5.32 Å². The van der Waals surface area contributed by atoms with Crippen molar-refractivity contribution >= 4 is 12.0 Å². The Labute approximate surface area is 138 Å². The van der Waals surface area contributed by atoms with E-state index in [1.165, 1.54) is 36.5 Å². The molecule has 0 aliphatic carbocycles. The molecule has 0 aliphatic heterocycles. The molecule has 5 N–H and O–H groups in total. The Morgan fingerprint density at radius 3 is 2.71 bits per heavy atom. The number of carbonyl (C=O) groups excluding carboxylic acids is 1. The molecule has 1 heterocycles. The predicted octanol–water partition coefficient (Wildman–Crippen LogP) is 1.33. The SMILES string of the molecule is Cc1ncc(CO)c(CNC(=O)C=Cc2ccc(O)cc2O)c1O. The highest BCUT2D eigenvalue weighted by Crippen LogP contribution is 2.24. The first-order chi connectivity index (χ1) is 11.4. The summed E-state index contributed by atoms with van der Waals surface area (Å²) in [6.45, 7) is 1.34. The van der Waals surface area contributed by atoms with Gasteiger partial charge in [-0.2, -0.15) is 0 Å². The molecule has 0 saturated carbocycles. The van der Waals surface area contributed by atoms with Gasteiger partial charge in [-0.1, -0.05) is 0 Å². The minimum atomic E-state index is -0.444. The first kappa shape index (κ1) is 17.3. The number of aromatic nitrogens is 1. The van der Waals surface area contributed by atoms with E-state index in [1.54, 1.807) is 6.92 Å². The number of benzene rings is 1. The first-order valence-corrected chi connectivity index (χ1v) is 7.17. The number of nitrogens with one attached hydrogen (secondary N) is 1. The molecule has 7 nitrogen and oxygen atoms in total. The van der Waals surface area contributed by atoms with Gasteiger partial charge in [-0.05, 0) is 25.1 Å². The largest absolute Gasteiger partial charge is 0.508 e. The number of aromatic hydroxyl groups is 3. The molecule has 0 spiro atoms. The van der Waals surface area contributed by atoms with Gasteiger partial charge in [-0.25, -0.2) is 0 Å². The molecule has 0 saturated heterocycles. The topological polar surface area (TPSA) is 123 Å². The van der Waals surface area contributed by atoms with Crippen molar-refractivity contribution < 1.29 is 25.2 Å². The van der Waals surface area contributed by atoms with Crippen LogP contribution in [0, 0.1) is 6.92 Å². The fourth-order valence-corrected chi connectivity index (χ4v) is 2.09. The zero-order valence-electron chi connectivity index (χ0n) is 13.0. The summed E-state index contributed by atoms with van der Waals surface area (Å²) in [5.41, 5.74) is 1.61. The Kier molecular flexibility index (Phi) is 5.39. The highest BCUT2D eigenvalue weighted by atomic mass is 16.3. The summed E-state index contributed by atoms with van der Waals surface area (Å²) in [4.78, 5) is 15.8. The third kappa shape index (κ3) is 4.02. The van der Waals surface area contributed by atoms with Gasteiger partial charge in [-0.3, -0.25) is 9.78 Å². The van der Waals surface area contributed by atoms with Crippen molar-refractivity contribution in [2.24, 2.45) is 0 Å². The smallest absolute Gasteiger partial charge is 0.244 e. The number of phenolic OH excluding ortho intramolecular Hbond substituents is 2. The van der Waals surface area contributed by atoms with Gasteiger partial charge in [0, 0.05) is 41.6 Å². The Bertz CT molecular complexity index is 787. The molecule has 0 aliphatic rings. The van der Waals surface area contributed by atoms with Crippen LogP contribution in [0.4, 0.5) is 0 Å². The zero-order chi connectivity index (χ0) is 17.7. The van der Waals surface area contributed by atoms with E-state index in [4.69, 9.17) is 0 Å². The molecule has 126 valence electrons. The number of hydrogen-bond donors (Lipinski definition) is 5. The standard InChI is InChI=1S/C17H18N2O5/c1-10-17(24)14(12(9-20)7-18-10)8-19-16(23)5-3-11-2-4-13(21)6-15(11)22/h2-7,20-22,24H,8-9H2,1H3,(H,19,23). The molecular weight excluding hydrogens is 312 g/mol. The Balaban J connectivity index is 2.06. The molecular formula is C17H18N2O5. The number of aryl methyl sites for hydroxylation is 1. The molecule has 0 fully saturated rings. The summed E-state index contributed by atoms with van der Waals surface area (Å²) < 4.78 is 0. The van der Waals surface area contributed by atoms with Gasteiger partial charge in [0.05, 0.1) is 12.3 Å². The number of pyridine rings is 1. The predicted molar refractivity (Wildman–Crippen MR) is 87.2 cm³/mol. The number of aliphatic hydroxyl groups is 1. The maximum atomic E-state index is 11.9. The molecule has 1 amide bonds. The summed E-state index contributed by atoms with van der Waals surface area (Å²) in [5, 5.41) is 40.7. The van der Waals surface area contributed by atoms with Gasteiger partial charge in [0.25, 0.3) is 0 Å². The van der Waals surface area contributed by atoms with Crippen LogP contribution in [-0.4, -0.2) is 31.3 Å². The highest BCUT2D eigenvalue weighted by Gasteiger charge is 2.11. The van der Waals surface area contributed by atoms with Crippen LogP contribution in [0.5, 0.6) is 17.2 Å². The molecule has 2 aromatic rings. The summed E-state index contributed by atoms with van der Waals surface area (Å²) in [6.07, 6.45) is 4.06. The average Bonchev–Trinajstić information content (AvgIpc) is 2.55. The lowest BCUT2D eigenvalue weighted by Crippen LogP contribution is -2.21. The fourth-order valence-electron chi connectivity index (χ4n) is 2.09. The second-order valence-electron chi connectivity index (χ2n) is 5.15. The van der Waals surface area contributed by atoms with E-state index in [2.05, 4.69) is 10.3 Å². The van der Waals surface area contributed by atoms with Crippen molar-refractivity contribution in [2.45, 2.75) is 20.1 Å². The van der Waals surface area contributed by atoms with E-state index >= 15 is 0 Å². The molecule has 7 heteroatoms. The van der Waals surface area contributed by atoms with E-state index in [0.29, 0.717) is 22.4 Å². The minimum Gasteiger partial charge on any atom is -0.508 e. The van der Waals surface area contributed by atoms with Crippen molar-refractivity contribution in [1.82, 2.24) is 10.3 Å². The van der Waals surface area contributed by atoms with Crippen LogP contribution in [0.15, 0.2) is 30.5 Å². The molecule has 1 aromatic heterocycles.